The minimum atomic E-state index is -0.273. The van der Waals surface area contributed by atoms with Crippen molar-refractivity contribution < 1.29 is 4.79 Å². The van der Waals surface area contributed by atoms with Gasteiger partial charge in [0.25, 0.3) is 11.5 Å². The molecule has 0 atom stereocenters. The molecule has 34 heavy (non-hydrogen) atoms. The number of benzene rings is 2. The molecular formula is C26H28N6O2. The molecule has 1 aliphatic heterocycles. The van der Waals surface area contributed by atoms with Gasteiger partial charge >= 0.3 is 0 Å². The van der Waals surface area contributed by atoms with Gasteiger partial charge in [0.15, 0.2) is 11.2 Å². The van der Waals surface area contributed by atoms with Crippen molar-refractivity contribution in [2.45, 2.75) is 46.1 Å². The van der Waals surface area contributed by atoms with Crippen LogP contribution in [-0.2, 0) is 6.54 Å². The maximum atomic E-state index is 12.9. The van der Waals surface area contributed by atoms with Gasteiger partial charge in [-0.1, -0.05) is 46.7 Å². The summed E-state index contributed by atoms with van der Waals surface area (Å²) in [5.41, 5.74) is 5.71. The molecule has 0 spiro atoms. The zero-order valence-electron chi connectivity index (χ0n) is 19.7. The Morgan fingerprint density at radius 3 is 2.59 bits per heavy atom. The molecule has 1 N–H and O–H groups in total. The van der Waals surface area contributed by atoms with Crippen molar-refractivity contribution >= 4 is 17.1 Å². The molecule has 1 amide bonds. The van der Waals surface area contributed by atoms with Crippen LogP contribution in [0.4, 0.5) is 0 Å². The third kappa shape index (κ3) is 4.23. The highest BCUT2D eigenvalue weighted by Crippen LogP contribution is 2.27. The smallest absolute Gasteiger partial charge is 0.281 e. The summed E-state index contributed by atoms with van der Waals surface area (Å²) in [5.74, 6) is 0.766. The van der Waals surface area contributed by atoms with Crippen molar-refractivity contribution in [3.63, 3.8) is 0 Å². The van der Waals surface area contributed by atoms with E-state index in [2.05, 4.69) is 47.3 Å². The van der Waals surface area contributed by atoms with Crippen molar-refractivity contribution in [1.29, 1.82) is 0 Å². The second-order valence-electron chi connectivity index (χ2n) is 9.24. The summed E-state index contributed by atoms with van der Waals surface area (Å²) in [4.78, 5) is 35.2. The van der Waals surface area contributed by atoms with Gasteiger partial charge in [-0.3, -0.25) is 9.59 Å². The first-order chi connectivity index (χ1) is 16.4. The molecule has 0 radical (unpaired) electrons. The van der Waals surface area contributed by atoms with E-state index >= 15 is 0 Å². The number of nitrogens with zero attached hydrogens (tertiary/aromatic N) is 5. The molecule has 0 aliphatic carbocycles. The van der Waals surface area contributed by atoms with Crippen molar-refractivity contribution in [3.8, 4) is 0 Å². The third-order valence-corrected chi connectivity index (χ3v) is 6.65. The summed E-state index contributed by atoms with van der Waals surface area (Å²) in [5, 5.41) is 8.30. The maximum absolute atomic E-state index is 12.9. The fraction of sp³-hybridized carbons (Fsp3) is 0.346. The molecule has 4 aromatic rings. The molecule has 8 heteroatoms. The normalized spacial score (nSPS) is 14.6. The molecule has 3 heterocycles. The molecule has 1 aliphatic rings. The van der Waals surface area contributed by atoms with E-state index in [-0.39, 0.29) is 22.9 Å². The van der Waals surface area contributed by atoms with E-state index in [4.69, 9.17) is 4.98 Å². The van der Waals surface area contributed by atoms with E-state index in [9.17, 15) is 9.59 Å². The number of aromatic nitrogens is 5. The van der Waals surface area contributed by atoms with Crippen LogP contribution in [0.2, 0.25) is 0 Å². The molecule has 5 rings (SSSR count). The van der Waals surface area contributed by atoms with E-state index in [1.54, 1.807) is 4.68 Å². The van der Waals surface area contributed by atoms with Crippen molar-refractivity contribution in [1.82, 2.24) is 29.9 Å². The zero-order valence-corrected chi connectivity index (χ0v) is 19.7. The van der Waals surface area contributed by atoms with Crippen molar-refractivity contribution in [2.75, 3.05) is 13.1 Å². The lowest BCUT2D eigenvalue weighted by Crippen LogP contribution is -2.38. The maximum Gasteiger partial charge on any atom is 0.281 e. The third-order valence-electron chi connectivity index (χ3n) is 6.65. The second-order valence-corrected chi connectivity index (χ2v) is 9.24. The van der Waals surface area contributed by atoms with Crippen LogP contribution in [0.25, 0.3) is 11.2 Å². The van der Waals surface area contributed by atoms with Crippen LogP contribution in [0, 0.1) is 20.8 Å². The molecule has 1 saturated heterocycles. The van der Waals surface area contributed by atoms with Crippen LogP contribution >= 0.6 is 0 Å². The van der Waals surface area contributed by atoms with E-state index in [0.29, 0.717) is 36.7 Å². The number of rotatable bonds is 4. The molecule has 1 fully saturated rings. The van der Waals surface area contributed by atoms with Crippen LogP contribution in [0.5, 0.6) is 0 Å². The minimum absolute atomic E-state index is 0.0508. The van der Waals surface area contributed by atoms with E-state index in [0.717, 1.165) is 29.5 Å². The quantitative estimate of drug-likeness (QED) is 0.507. The number of amides is 1. The Kier molecular flexibility index (Phi) is 5.73. The molecular weight excluding hydrogens is 428 g/mol. The number of piperidine rings is 1. The fourth-order valence-electron chi connectivity index (χ4n) is 4.63. The highest BCUT2D eigenvalue weighted by atomic mass is 16.2. The zero-order chi connectivity index (χ0) is 23.8. The van der Waals surface area contributed by atoms with Gasteiger partial charge in [0, 0.05) is 24.6 Å². The number of H-pyrrole nitrogens is 1. The molecule has 2 aromatic carbocycles. The number of hydrogen-bond donors (Lipinski definition) is 1. The number of aromatic amines is 1. The molecule has 2 aromatic heterocycles. The number of hydrogen-bond acceptors (Lipinski definition) is 5. The summed E-state index contributed by atoms with van der Waals surface area (Å²) in [6.45, 7) is 7.85. The Bertz CT molecular complexity index is 1430. The lowest BCUT2D eigenvalue weighted by molar-refractivity contribution is 0.0711. The van der Waals surface area contributed by atoms with E-state index in [1.165, 1.54) is 5.56 Å². The Morgan fingerprint density at radius 2 is 1.82 bits per heavy atom. The summed E-state index contributed by atoms with van der Waals surface area (Å²) in [6, 6.07) is 14.0. The van der Waals surface area contributed by atoms with Crippen LogP contribution in [0.3, 0.4) is 0 Å². The van der Waals surface area contributed by atoms with Gasteiger partial charge in [0.2, 0.25) is 0 Å². The number of carbonyl (C=O) groups is 1. The van der Waals surface area contributed by atoms with Crippen LogP contribution in [-0.4, -0.2) is 48.9 Å². The summed E-state index contributed by atoms with van der Waals surface area (Å²) >= 11 is 0. The Labute approximate surface area is 197 Å². The Balaban J connectivity index is 1.36. The van der Waals surface area contributed by atoms with Gasteiger partial charge in [-0.2, -0.15) is 0 Å². The number of aryl methyl sites for hydroxylation is 3. The van der Waals surface area contributed by atoms with E-state index < -0.39 is 0 Å². The second kappa shape index (κ2) is 8.85. The van der Waals surface area contributed by atoms with Crippen molar-refractivity contribution in [3.05, 3.63) is 86.5 Å². The lowest BCUT2D eigenvalue weighted by Gasteiger charge is -2.31. The fourth-order valence-corrected chi connectivity index (χ4v) is 4.63. The molecule has 0 bridgehead atoms. The number of fused-ring (bicyclic) bond motifs is 1. The highest BCUT2D eigenvalue weighted by molar-refractivity contribution is 5.94. The van der Waals surface area contributed by atoms with Gasteiger partial charge in [-0.15, -0.1) is 5.10 Å². The van der Waals surface area contributed by atoms with Crippen LogP contribution in [0.1, 0.15) is 57.2 Å². The van der Waals surface area contributed by atoms with Crippen LogP contribution in [0.15, 0.2) is 47.3 Å². The number of likely N-dealkylation sites (tertiary alicyclic amines) is 1. The predicted molar refractivity (Wildman–Crippen MR) is 130 cm³/mol. The highest BCUT2D eigenvalue weighted by Gasteiger charge is 2.27. The van der Waals surface area contributed by atoms with E-state index in [1.807, 2.05) is 36.1 Å². The SMILES string of the molecule is Cc1cccc(C(=O)N2CCC(c3nc4c(nnn4Cc4cc(C)ccc4C)c(=O)[nH]3)CC2)c1. The van der Waals surface area contributed by atoms with Gasteiger partial charge in [-0.05, 0) is 56.9 Å². The summed E-state index contributed by atoms with van der Waals surface area (Å²) in [7, 11) is 0. The largest absolute Gasteiger partial charge is 0.339 e. The predicted octanol–water partition coefficient (Wildman–Crippen LogP) is 3.51. The number of nitrogens with one attached hydrogen (secondary N) is 1. The average molecular weight is 457 g/mol. The first kappa shape index (κ1) is 22.0. The first-order valence-corrected chi connectivity index (χ1v) is 11.6. The summed E-state index contributed by atoms with van der Waals surface area (Å²) in [6.07, 6.45) is 1.48. The van der Waals surface area contributed by atoms with Gasteiger partial charge in [-0.25, -0.2) is 9.67 Å². The van der Waals surface area contributed by atoms with Gasteiger partial charge in [0.05, 0.1) is 6.54 Å². The first-order valence-electron chi connectivity index (χ1n) is 11.6. The topological polar surface area (TPSA) is 96.8 Å². The van der Waals surface area contributed by atoms with Crippen molar-refractivity contribution in [2.24, 2.45) is 0 Å². The lowest BCUT2D eigenvalue weighted by atomic mass is 9.95. The minimum Gasteiger partial charge on any atom is -0.339 e. The Hall–Kier alpha value is -3.81. The number of carbonyl (C=O) groups excluding carboxylic acids is 1. The standard InChI is InChI=1S/C26H28N6O2/c1-16-5-4-6-20(13-16)26(34)31-11-9-19(10-12-31)23-27-24-22(25(33)28-23)29-30-32(24)15-21-14-17(2)7-8-18(21)3/h4-8,13-14,19H,9-12,15H2,1-3H3,(H,27,28,33). The summed E-state index contributed by atoms with van der Waals surface area (Å²) < 4.78 is 1.70. The van der Waals surface area contributed by atoms with Crippen LogP contribution < -0.4 is 5.56 Å². The Morgan fingerprint density at radius 1 is 1.06 bits per heavy atom. The van der Waals surface area contributed by atoms with Gasteiger partial charge < -0.3 is 9.88 Å². The monoisotopic (exact) mass is 456 g/mol. The average Bonchev–Trinajstić information content (AvgIpc) is 3.24. The molecule has 8 nitrogen and oxygen atoms in total. The van der Waals surface area contributed by atoms with Gasteiger partial charge in [0.1, 0.15) is 5.82 Å². The molecule has 0 saturated carbocycles. The molecule has 174 valence electrons. The molecule has 0 unspecified atom stereocenters.